The van der Waals surface area contributed by atoms with Gasteiger partial charge in [-0.15, -0.1) is 0 Å². The van der Waals surface area contributed by atoms with Crippen molar-refractivity contribution < 1.29 is 98.0 Å². The maximum absolute atomic E-state index is 10.9. The lowest BCUT2D eigenvalue weighted by Gasteiger charge is -2.22. The smallest absolute Gasteiger partial charge is 0.328 e. The highest BCUT2D eigenvalue weighted by Crippen LogP contribution is 2.34. The van der Waals surface area contributed by atoms with Gasteiger partial charge in [-0.2, -0.15) is 0 Å². The number of carbonyl (C=O) groups is 6. The number of carboxylic acids is 6. The molecule has 0 aliphatic carbocycles. The molecule has 4 aromatic carbocycles. The van der Waals surface area contributed by atoms with Crippen molar-refractivity contribution in [2.24, 2.45) is 0 Å². The number of rotatable bonds is 22. The molecule has 0 amide bonds. The highest BCUT2D eigenvalue weighted by atomic mass is 32.1. The second-order valence-corrected chi connectivity index (χ2v) is 26.4. The van der Waals surface area contributed by atoms with E-state index in [9.17, 15) is 69.2 Å². The van der Waals surface area contributed by atoms with E-state index in [1.54, 1.807) is 24.3 Å². The van der Waals surface area contributed by atoms with Crippen LogP contribution in [0.2, 0.25) is 0 Å². The zero-order chi connectivity index (χ0) is 82.0. The largest absolute Gasteiger partial charge is 0.488 e. The minimum atomic E-state index is -1.26. The van der Waals surface area contributed by atoms with Gasteiger partial charge in [-0.1, -0.05) is 48.9 Å². The minimum absolute atomic E-state index is 0.0121. The number of hydrogen-bond donors (Lipinski definition) is 6. The Bertz CT molecular complexity index is 3460. The van der Waals surface area contributed by atoms with E-state index in [0.717, 1.165) is 51.9 Å². The average molecular weight is 1590 g/mol. The molecular formula is C68H88N12O24S4. The molecule has 4 atom stereocenters. The van der Waals surface area contributed by atoms with Crippen molar-refractivity contribution in [2.45, 2.75) is 50.1 Å². The van der Waals surface area contributed by atoms with Crippen LogP contribution in [0.25, 0.3) is 0 Å². The number of carboxylic acid groups (broad SMARTS) is 6. The van der Waals surface area contributed by atoms with Crippen LogP contribution < -0.4 is 18.9 Å². The fraction of sp³-hybridized carbons (Fsp3) is 0.412. The molecule has 0 radical (unpaired) electrons. The van der Waals surface area contributed by atoms with Gasteiger partial charge in [0.25, 0.3) is 22.7 Å². The molecule has 4 aromatic rings. The lowest BCUT2D eigenvalue weighted by molar-refractivity contribution is -0.385. The van der Waals surface area contributed by atoms with Gasteiger partial charge < -0.3 is 88.8 Å². The van der Waals surface area contributed by atoms with Crippen molar-refractivity contribution >= 4 is 127 Å². The van der Waals surface area contributed by atoms with Crippen LogP contribution in [0.1, 0.15) is 47.9 Å². The summed E-state index contributed by atoms with van der Waals surface area (Å²) in [6.07, 6.45) is 6.88. The predicted octanol–water partition coefficient (Wildman–Crippen LogP) is 6.79. The van der Waals surface area contributed by atoms with E-state index in [0.29, 0.717) is 128 Å². The molecule has 4 unspecified atom stereocenters. The Morgan fingerprint density at radius 3 is 0.648 bits per heavy atom. The fourth-order valence-corrected chi connectivity index (χ4v) is 10.4. The van der Waals surface area contributed by atoms with E-state index in [1.165, 1.54) is 48.5 Å². The number of thiocarbonyl (C=S) groups is 4. The summed E-state index contributed by atoms with van der Waals surface area (Å²) in [7, 11) is 23.7. The summed E-state index contributed by atoms with van der Waals surface area (Å²) in [5, 5.41) is 90.5. The van der Waals surface area contributed by atoms with E-state index in [1.807, 2.05) is 104 Å². The van der Waals surface area contributed by atoms with Crippen LogP contribution in [0.3, 0.4) is 0 Å². The lowest BCUT2D eigenvalue weighted by atomic mass is 10.1. The summed E-state index contributed by atoms with van der Waals surface area (Å²) >= 11 is 21.7. The number of nitro groups is 4. The summed E-state index contributed by atoms with van der Waals surface area (Å²) in [4.78, 5) is 118. The molecule has 6 N–H and O–H groups in total. The van der Waals surface area contributed by atoms with Crippen LogP contribution in [-0.2, 0) is 28.8 Å². The van der Waals surface area contributed by atoms with Crippen LogP contribution in [0.5, 0.6) is 23.0 Å². The molecule has 36 nitrogen and oxygen atoms in total. The molecule has 0 aromatic heterocycles. The van der Waals surface area contributed by atoms with E-state index in [-0.39, 0.29) is 47.2 Å². The topological polar surface area (TPSA) is 459 Å². The molecule has 8 rings (SSSR count). The molecule has 0 saturated carbocycles. The average Bonchev–Trinajstić information content (AvgIpc) is 1.58. The minimum Gasteiger partial charge on any atom is -0.488 e. The molecule has 0 bridgehead atoms. The molecule has 0 fully saturated rings. The van der Waals surface area contributed by atoms with Gasteiger partial charge in [0.05, 0.1) is 68.1 Å². The van der Waals surface area contributed by atoms with Crippen LogP contribution >= 0.6 is 48.9 Å². The van der Waals surface area contributed by atoms with Gasteiger partial charge in [0.15, 0.2) is 0 Å². The fourth-order valence-electron chi connectivity index (χ4n) is 9.49. The summed E-state index contributed by atoms with van der Waals surface area (Å²) < 4.78 is 24.0. The third kappa shape index (κ3) is 34.6. The van der Waals surface area contributed by atoms with Crippen molar-refractivity contribution in [2.75, 3.05) is 137 Å². The Kier molecular flexibility index (Phi) is 39.9. The maximum atomic E-state index is 10.9. The molecule has 108 heavy (non-hydrogen) atoms. The SMILES string of the molecule is CN(C)CCC1CN(C)C(=S)c2cc([N+](=O)[O-])ccc2O1.CN(C)CCC1CN(C)C(=S)c2cc([N+](=O)[O-])ccc2O1.CN(C)CCC1CN(C)C(=S)c2cc([N+](=O)[O-])ccc2O1.CN(C)CCC1CN(C)C(=S)c2cc([N+](=O)[O-])ccc2O1.O=C(O)/C=C/C(=O)O.O=C(O)/C=C/C(=O)O.O=C(O)/C=C/C(=O)O. The Hall–Kier alpha value is -10.9. The monoisotopic (exact) mass is 1580 g/mol. The Morgan fingerprint density at radius 1 is 0.361 bits per heavy atom. The number of ether oxygens (including phenoxy) is 4. The molecule has 4 aliphatic heterocycles. The highest BCUT2D eigenvalue weighted by Gasteiger charge is 2.31. The zero-order valence-electron chi connectivity index (χ0n) is 61.2. The van der Waals surface area contributed by atoms with Crippen molar-refractivity contribution in [3.05, 3.63) is 172 Å². The number of non-ortho nitro benzene ring substituents is 4. The normalized spacial score (nSPS) is 16.3. The highest BCUT2D eigenvalue weighted by molar-refractivity contribution is 7.81. The summed E-state index contributed by atoms with van der Waals surface area (Å²) in [5.41, 5.74) is 2.59. The number of benzene rings is 4. The third-order valence-electron chi connectivity index (χ3n) is 14.8. The van der Waals surface area contributed by atoms with E-state index >= 15 is 0 Å². The van der Waals surface area contributed by atoms with E-state index in [4.69, 9.17) is 98.5 Å². The van der Waals surface area contributed by atoms with Gasteiger partial charge in [-0.25, -0.2) is 28.8 Å². The second-order valence-electron chi connectivity index (χ2n) is 24.8. The van der Waals surface area contributed by atoms with Gasteiger partial charge in [0, 0.05) is 139 Å². The van der Waals surface area contributed by atoms with Crippen LogP contribution in [-0.4, -0.2) is 307 Å². The molecular weight excluding hydrogens is 1500 g/mol. The lowest BCUT2D eigenvalue weighted by Crippen LogP contribution is -2.35. The molecule has 0 saturated heterocycles. The van der Waals surface area contributed by atoms with Gasteiger partial charge in [-0.3, -0.25) is 40.5 Å². The Balaban J connectivity index is 0.000000444. The van der Waals surface area contributed by atoms with Crippen LogP contribution in [0.4, 0.5) is 22.7 Å². The number of fused-ring (bicyclic) bond motifs is 4. The van der Waals surface area contributed by atoms with Crippen LogP contribution in [0, 0.1) is 40.5 Å². The molecule has 4 heterocycles. The van der Waals surface area contributed by atoms with Crippen molar-refractivity contribution in [1.82, 2.24) is 39.2 Å². The standard InChI is InChI=1S/4C14H19N3O3S.3C4H4O4/c4*1-15(2)7-6-11-9-16(3)14(21)12-8-10(17(18)19)4-5-13(12)20-11;3*5-3(6)1-2-4(7)8/h4*4-5,8,11H,6-7,9H2,1-3H3;3*1-2H,(H,5,6)(H,7,8)/b;;;;3*2-1+. The third-order valence-corrected chi connectivity index (χ3v) is 16.9. The molecule has 40 heteroatoms. The number of likely N-dealkylation sites (N-methyl/N-ethyl adjacent to an activating group) is 4. The number of nitro benzene ring substituents is 4. The van der Waals surface area contributed by atoms with E-state index in [2.05, 4.69) is 19.6 Å². The van der Waals surface area contributed by atoms with Gasteiger partial charge in [-0.05, 0) is 106 Å². The predicted molar refractivity (Wildman–Crippen MR) is 413 cm³/mol. The number of hydrogen-bond acceptors (Lipinski definition) is 26. The Morgan fingerprint density at radius 2 is 0.519 bits per heavy atom. The molecule has 4 aliphatic rings. The first-order valence-electron chi connectivity index (χ1n) is 32.2. The summed E-state index contributed by atoms with van der Waals surface area (Å²) in [6.45, 7) is 6.34. The second kappa shape index (κ2) is 46.3. The number of aliphatic carboxylic acids is 6. The number of nitrogens with zero attached hydrogens (tertiary/aromatic N) is 12. The maximum Gasteiger partial charge on any atom is 0.328 e. The first-order valence-corrected chi connectivity index (χ1v) is 33.9. The quantitative estimate of drug-likeness (QED) is 0.0204. The first kappa shape index (κ1) is 93.2. The van der Waals surface area contributed by atoms with Crippen molar-refractivity contribution in [3.63, 3.8) is 0 Å². The Labute approximate surface area is 643 Å². The molecule has 0 spiro atoms. The van der Waals surface area contributed by atoms with Crippen molar-refractivity contribution in [1.29, 1.82) is 0 Å². The van der Waals surface area contributed by atoms with Gasteiger partial charge in [0.2, 0.25) is 0 Å². The van der Waals surface area contributed by atoms with E-state index < -0.39 is 55.5 Å². The van der Waals surface area contributed by atoms with Crippen LogP contribution in [0.15, 0.2) is 109 Å². The van der Waals surface area contributed by atoms with Gasteiger partial charge >= 0.3 is 35.8 Å². The summed E-state index contributed by atoms with van der Waals surface area (Å²) in [5.74, 6) is -5.05. The molecule has 588 valence electrons. The van der Waals surface area contributed by atoms with Crippen molar-refractivity contribution in [3.8, 4) is 23.0 Å². The first-order chi connectivity index (χ1) is 50.4. The zero-order valence-corrected chi connectivity index (χ0v) is 64.5. The summed E-state index contributed by atoms with van der Waals surface area (Å²) in [6, 6.07) is 18.3. The van der Waals surface area contributed by atoms with Gasteiger partial charge in [0.1, 0.15) is 67.4 Å².